The highest BCUT2D eigenvalue weighted by Gasteiger charge is 2.41. The molecule has 5 heteroatoms. The molecule has 1 aromatic carbocycles. The monoisotopic (exact) mass is 304 g/mol. The number of likely N-dealkylation sites (N-methyl/N-ethyl adjacent to an activating group) is 1. The zero-order valence-corrected chi connectivity index (χ0v) is 13.3. The minimum atomic E-state index is 0.342. The summed E-state index contributed by atoms with van der Waals surface area (Å²) in [6.07, 6.45) is 0. The van der Waals surface area contributed by atoms with Gasteiger partial charge in [-0.25, -0.2) is 0 Å². The number of likely N-dealkylation sites (tertiary alicyclic amines) is 1. The second kappa shape index (κ2) is 5.72. The van der Waals surface area contributed by atoms with E-state index < -0.39 is 0 Å². The van der Waals surface area contributed by atoms with Gasteiger partial charge in [0.25, 0.3) is 0 Å². The largest absolute Gasteiger partial charge is 0.454 e. The fourth-order valence-corrected chi connectivity index (χ4v) is 4.02. The topological polar surface area (TPSA) is 34.2 Å². The van der Waals surface area contributed by atoms with Crippen LogP contribution < -0.4 is 9.47 Å². The van der Waals surface area contributed by atoms with Crippen molar-refractivity contribution in [3.63, 3.8) is 0 Å². The van der Waals surface area contributed by atoms with Crippen LogP contribution in [-0.4, -0.2) is 63.0 Å². The zero-order chi connectivity index (χ0) is 15.1. The third-order valence-corrected chi connectivity index (χ3v) is 5.19. The van der Waals surface area contributed by atoms with E-state index in [-0.39, 0.29) is 0 Å². The predicted octanol–water partition coefficient (Wildman–Crippen LogP) is 1.42. The third-order valence-electron chi connectivity index (χ3n) is 5.19. The molecule has 2 saturated heterocycles. The van der Waals surface area contributed by atoms with Gasteiger partial charge in [-0.1, -0.05) is 6.07 Å². The number of benzene rings is 1. The summed E-state index contributed by atoms with van der Waals surface area (Å²) in [6, 6.07) is 6.83. The molecule has 0 saturated carbocycles. The molecule has 2 fully saturated rings. The molecule has 3 heterocycles. The van der Waals surface area contributed by atoms with E-state index in [2.05, 4.69) is 36.0 Å². The Morgan fingerprint density at radius 2 is 2.00 bits per heavy atom. The molecule has 0 bridgehead atoms. The molecule has 0 radical (unpaired) electrons. The molecule has 5 nitrogen and oxygen atoms in total. The first-order valence-corrected chi connectivity index (χ1v) is 8.06. The quantitative estimate of drug-likeness (QED) is 0.844. The Morgan fingerprint density at radius 1 is 1.14 bits per heavy atom. The number of rotatable bonds is 3. The molecule has 120 valence electrons. The number of fused-ring (bicyclic) bond motifs is 2. The Hall–Kier alpha value is -1.30. The lowest BCUT2D eigenvalue weighted by Gasteiger charge is -2.37. The van der Waals surface area contributed by atoms with E-state index >= 15 is 0 Å². The van der Waals surface area contributed by atoms with Crippen LogP contribution in [0.3, 0.4) is 0 Å². The predicted molar refractivity (Wildman–Crippen MR) is 83.1 cm³/mol. The first-order valence-electron chi connectivity index (χ1n) is 8.06. The minimum Gasteiger partial charge on any atom is -0.454 e. The molecule has 22 heavy (non-hydrogen) atoms. The summed E-state index contributed by atoms with van der Waals surface area (Å²) in [5.41, 5.74) is 1.30. The molecule has 4 rings (SSSR count). The molecule has 0 aliphatic carbocycles. The lowest BCUT2D eigenvalue weighted by molar-refractivity contribution is -0.0229. The van der Waals surface area contributed by atoms with Crippen LogP contribution in [0.2, 0.25) is 0 Å². The van der Waals surface area contributed by atoms with Gasteiger partial charge in [0, 0.05) is 31.6 Å². The number of ether oxygens (including phenoxy) is 3. The fourth-order valence-electron chi connectivity index (χ4n) is 4.02. The maximum atomic E-state index is 5.81. The molecular formula is C17H24N2O3. The second-order valence-electron chi connectivity index (χ2n) is 6.87. The molecule has 3 aliphatic heterocycles. The molecule has 0 amide bonds. The van der Waals surface area contributed by atoms with Crippen molar-refractivity contribution in [3.8, 4) is 11.5 Å². The Bertz CT molecular complexity index is 549. The van der Waals surface area contributed by atoms with Crippen LogP contribution in [0.4, 0.5) is 0 Å². The number of hydrogen-bond donors (Lipinski definition) is 0. The van der Waals surface area contributed by atoms with Crippen LogP contribution in [0.25, 0.3) is 0 Å². The Labute approximate surface area is 131 Å². The Balaban J connectivity index is 1.44. The first-order chi connectivity index (χ1) is 10.7. The molecule has 0 unspecified atom stereocenters. The van der Waals surface area contributed by atoms with Crippen LogP contribution in [0.15, 0.2) is 18.2 Å². The average Bonchev–Trinajstić information content (AvgIpc) is 3.11. The van der Waals surface area contributed by atoms with E-state index in [0.717, 1.165) is 50.3 Å². The molecule has 0 spiro atoms. The summed E-state index contributed by atoms with van der Waals surface area (Å²) in [6.45, 7) is 5.38. The van der Waals surface area contributed by atoms with Gasteiger partial charge in [0.1, 0.15) is 0 Å². The molecular weight excluding hydrogens is 280 g/mol. The van der Waals surface area contributed by atoms with Gasteiger partial charge in [-0.05, 0) is 37.7 Å². The summed E-state index contributed by atoms with van der Waals surface area (Å²) >= 11 is 0. The van der Waals surface area contributed by atoms with Crippen LogP contribution in [0, 0.1) is 11.8 Å². The molecule has 0 aromatic heterocycles. The van der Waals surface area contributed by atoms with Gasteiger partial charge in [0.05, 0.1) is 13.2 Å². The van der Waals surface area contributed by atoms with E-state index in [1.54, 1.807) is 0 Å². The van der Waals surface area contributed by atoms with E-state index in [0.29, 0.717) is 18.8 Å². The lowest BCUT2D eigenvalue weighted by Crippen LogP contribution is -2.47. The van der Waals surface area contributed by atoms with Gasteiger partial charge in [-0.2, -0.15) is 0 Å². The first kappa shape index (κ1) is 14.3. The molecule has 1 aromatic rings. The van der Waals surface area contributed by atoms with Gasteiger partial charge in [0.15, 0.2) is 11.5 Å². The smallest absolute Gasteiger partial charge is 0.231 e. The lowest BCUT2D eigenvalue weighted by atomic mass is 9.87. The normalized spacial score (nSPS) is 30.8. The van der Waals surface area contributed by atoms with E-state index in [9.17, 15) is 0 Å². The van der Waals surface area contributed by atoms with Crippen molar-refractivity contribution in [2.24, 2.45) is 11.8 Å². The Morgan fingerprint density at radius 3 is 2.86 bits per heavy atom. The van der Waals surface area contributed by atoms with Crippen molar-refractivity contribution in [2.45, 2.75) is 12.6 Å². The second-order valence-corrected chi connectivity index (χ2v) is 6.87. The van der Waals surface area contributed by atoms with Crippen molar-refractivity contribution < 1.29 is 14.2 Å². The van der Waals surface area contributed by atoms with Gasteiger partial charge < -0.3 is 19.1 Å². The van der Waals surface area contributed by atoms with Gasteiger partial charge in [0.2, 0.25) is 6.79 Å². The molecule has 3 atom stereocenters. The average molecular weight is 304 g/mol. The van der Waals surface area contributed by atoms with Crippen molar-refractivity contribution in [2.75, 3.05) is 47.2 Å². The summed E-state index contributed by atoms with van der Waals surface area (Å²) < 4.78 is 16.7. The van der Waals surface area contributed by atoms with Gasteiger partial charge in [-0.3, -0.25) is 4.90 Å². The van der Waals surface area contributed by atoms with Crippen LogP contribution in [0.1, 0.15) is 5.56 Å². The SMILES string of the molecule is CN(C)[C@H]1COC[C@@H]2CN(Cc3ccc4c(c3)OCO4)C[C@@H]21. The standard InChI is InChI=1S/C17H24N2O3/c1-18(2)15-10-20-9-13-7-19(8-14(13)15)6-12-3-4-16-17(5-12)22-11-21-16/h3-5,13-15H,6-11H2,1-2H3/t13-,14-,15-/m0/s1. The van der Waals surface area contributed by atoms with E-state index in [1.807, 2.05) is 6.07 Å². The number of hydrogen-bond acceptors (Lipinski definition) is 5. The van der Waals surface area contributed by atoms with E-state index in [1.165, 1.54) is 5.56 Å². The van der Waals surface area contributed by atoms with Crippen LogP contribution in [-0.2, 0) is 11.3 Å². The summed E-state index contributed by atoms with van der Waals surface area (Å²) in [5.74, 6) is 3.12. The van der Waals surface area contributed by atoms with Crippen LogP contribution in [0.5, 0.6) is 11.5 Å². The maximum Gasteiger partial charge on any atom is 0.231 e. The van der Waals surface area contributed by atoms with Crippen molar-refractivity contribution in [1.82, 2.24) is 9.80 Å². The van der Waals surface area contributed by atoms with E-state index in [4.69, 9.17) is 14.2 Å². The highest BCUT2D eigenvalue weighted by Crippen LogP contribution is 2.35. The summed E-state index contributed by atoms with van der Waals surface area (Å²) in [7, 11) is 4.33. The Kier molecular flexibility index (Phi) is 3.72. The van der Waals surface area contributed by atoms with Crippen molar-refractivity contribution in [3.05, 3.63) is 23.8 Å². The number of nitrogens with zero attached hydrogens (tertiary/aromatic N) is 2. The van der Waals surface area contributed by atoms with Crippen molar-refractivity contribution >= 4 is 0 Å². The van der Waals surface area contributed by atoms with Crippen LogP contribution >= 0.6 is 0 Å². The summed E-state index contributed by atoms with van der Waals surface area (Å²) in [4.78, 5) is 4.87. The maximum absolute atomic E-state index is 5.81. The third kappa shape index (κ3) is 2.57. The highest BCUT2D eigenvalue weighted by molar-refractivity contribution is 5.44. The van der Waals surface area contributed by atoms with Crippen molar-refractivity contribution in [1.29, 1.82) is 0 Å². The summed E-state index contributed by atoms with van der Waals surface area (Å²) in [5, 5.41) is 0. The minimum absolute atomic E-state index is 0.342. The van der Waals surface area contributed by atoms with Gasteiger partial charge >= 0.3 is 0 Å². The molecule has 0 N–H and O–H groups in total. The van der Waals surface area contributed by atoms with Gasteiger partial charge in [-0.15, -0.1) is 0 Å². The molecule has 3 aliphatic rings. The zero-order valence-electron chi connectivity index (χ0n) is 13.3. The fraction of sp³-hybridized carbons (Fsp3) is 0.647. The highest BCUT2D eigenvalue weighted by atomic mass is 16.7.